The predicted octanol–water partition coefficient (Wildman–Crippen LogP) is 2.62. The summed E-state index contributed by atoms with van der Waals surface area (Å²) >= 11 is 1.61. The van der Waals surface area contributed by atoms with Gasteiger partial charge in [-0.1, -0.05) is 5.92 Å². The molecule has 1 atom stereocenters. The van der Waals surface area contributed by atoms with Crippen LogP contribution in [0.4, 0.5) is 10.9 Å². The molecule has 2 saturated heterocycles. The lowest BCUT2D eigenvalue weighted by atomic mass is 9.94. The molecule has 4 heterocycles. The van der Waals surface area contributed by atoms with E-state index in [0.29, 0.717) is 12.5 Å². The van der Waals surface area contributed by atoms with Gasteiger partial charge in [0.05, 0.1) is 18.9 Å². The van der Waals surface area contributed by atoms with Crippen molar-refractivity contribution in [2.24, 2.45) is 5.92 Å². The van der Waals surface area contributed by atoms with Gasteiger partial charge in [0.25, 0.3) is 5.91 Å². The number of piperidine rings is 1. The van der Waals surface area contributed by atoms with Gasteiger partial charge in [0, 0.05) is 56.3 Å². The van der Waals surface area contributed by atoms with Crippen LogP contribution in [0.5, 0.6) is 0 Å². The lowest BCUT2D eigenvalue weighted by Crippen LogP contribution is -2.40. The molecule has 2 aliphatic heterocycles. The van der Waals surface area contributed by atoms with Crippen LogP contribution in [0.1, 0.15) is 36.2 Å². The highest BCUT2D eigenvalue weighted by Gasteiger charge is 2.24. The number of anilines is 2. The Labute approximate surface area is 193 Å². The molecule has 0 bridgehead atoms. The van der Waals surface area contributed by atoms with E-state index in [2.05, 4.69) is 27.0 Å². The van der Waals surface area contributed by atoms with E-state index in [1.165, 1.54) is 0 Å². The summed E-state index contributed by atoms with van der Waals surface area (Å²) < 4.78 is 5.48. The third-order valence-corrected chi connectivity index (χ3v) is 6.51. The van der Waals surface area contributed by atoms with E-state index in [1.807, 2.05) is 24.1 Å². The van der Waals surface area contributed by atoms with Gasteiger partial charge in [0.2, 0.25) is 0 Å². The molecular weight excluding hydrogens is 424 g/mol. The van der Waals surface area contributed by atoms with Crippen LogP contribution < -0.4 is 5.32 Å². The van der Waals surface area contributed by atoms with Crippen molar-refractivity contribution in [3.05, 3.63) is 28.7 Å². The average Bonchev–Trinajstić information content (AvgIpc) is 3.19. The minimum Gasteiger partial charge on any atom is -0.379 e. The van der Waals surface area contributed by atoms with Gasteiger partial charge >= 0.3 is 0 Å². The Balaban J connectivity index is 1.51. The van der Waals surface area contributed by atoms with Crippen molar-refractivity contribution in [1.29, 1.82) is 0 Å². The molecule has 0 radical (unpaired) electrons. The zero-order chi connectivity index (χ0) is 22.3. The minimum absolute atomic E-state index is 0.0827. The Morgan fingerprint density at radius 1 is 1.31 bits per heavy atom. The number of hydrogen-bond acceptors (Lipinski definition) is 8. The summed E-state index contributed by atoms with van der Waals surface area (Å²) in [6.07, 6.45) is 4.65. The van der Waals surface area contributed by atoms with Gasteiger partial charge < -0.3 is 15.0 Å². The second kappa shape index (κ2) is 10.9. The fourth-order valence-electron chi connectivity index (χ4n) is 4.16. The third-order valence-electron chi connectivity index (χ3n) is 5.68. The van der Waals surface area contributed by atoms with E-state index >= 15 is 0 Å². The largest absolute Gasteiger partial charge is 0.379 e. The highest BCUT2D eigenvalue weighted by molar-refractivity contribution is 7.15. The van der Waals surface area contributed by atoms with Crippen molar-refractivity contribution < 1.29 is 9.53 Å². The zero-order valence-corrected chi connectivity index (χ0v) is 19.6. The quantitative estimate of drug-likeness (QED) is 0.672. The molecule has 1 N–H and O–H groups in total. The van der Waals surface area contributed by atoms with Crippen molar-refractivity contribution in [3.63, 3.8) is 0 Å². The number of rotatable bonds is 6. The number of ether oxygens (including phenoxy) is 1. The van der Waals surface area contributed by atoms with Crippen molar-refractivity contribution in [2.75, 3.05) is 44.7 Å². The number of aryl methyl sites for hydroxylation is 1. The predicted molar refractivity (Wildman–Crippen MR) is 125 cm³/mol. The van der Waals surface area contributed by atoms with Crippen LogP contribution in [-0.2, 0) is 22.5 Å². The maximum absolute atomic E-state index is 12.2. The first-order valence-corrected chi connectivity index (χ1v) is 12.0. The van der Waals surface area contributed by atoms with E-state index in [4.69, 9.17) is 14.7 Å². The molecule has 170 valence electrons. The van der Waals surface area contributed by atoms with Crippen molar-refractivity contribution in [2.45, 2.75) is 39.7 Å². The highest BCUT2D eigenvalue weighted by atomic mass is 32.1. The summed E-state index contributed by atoms with van der Waals surface area (Å²) in [7, 11) is 0. The first-order chi connectivity index (χ1) is 15.6. The summed E-state index contributed by atoms with van der Waals surface area (Å²) in [6.45, 7) is 9.33. The van der Waals surface area contributed by atoms with E-state index in [-0.39, 0.29) is 5.91 Å². The lowest BCUT2D eigenvalue weighted by Gasteiger charge is -2.31. The summed E-state index contributed by atoms with van der Waals surface area (Å²) in [6, 6.07) is 2.02. The summed E-state index contributed by atoms with van der Waals surface area (Å²) in [5.74, 6) is 7.22. The standard InChI is InChI=1S/C23H30N6O2S/c1-3-5-22(30)29-7-4-6-18(15-29)12-20-25-19(16-28-8-10-31-11-9-28)13-21(26-20)27-23-24-14-17(2)32-23/h13-14,18H,4,6-12,15-16H2,1-2H3,(H,24,25,26,27)/t18-/m1/s1. The van der Waals surface area contributed by atoms with Crippen LogP contribution in [0.15, 0.2) is 12.3 Å². The Bertz CT molecular complexity index is 992. The SMILES string of the molecule is CC#CC(=O)N1CCC[C@H](Cc2nc(CN3CCOCC3)cc(Nc3ncc(C)s3)n2)C1. The smallest absolute Gasteiger partial charge is 0.298 e. The molecule has 2 aromatic heterocycles. The third kappa shape index (κ3) is 6.25. The number of hydrogen-bond donors (Lipinski definition) is 1. The van der Waals surface area contributed by atoms with Crippen LogP contribution in [0, 0.1) is 24.7 Å². The average molecular weight is 455 g/mol. The molecular formula is C23H30N6O2S. The number of amides is 1. The second-order valence-corrected chi connectivity index (χ2v) is 9.52. The van der Waals surface area contributed by atoms with Crippen LogP contribution in [0.3, 0.4) is 0 Å². The number of nitrogens with one attached hydrogen (secondary N) is 1. The number of nitrogens with zero attached hydrogens (tertiary/aromatic N) is 5. The van der Waals surface area contributed by atoms with Gasteiger partial charge in [0.15, 0.2) is 5.13 Å². The topological polar surface area (TPSA) is 83.5 Å². The lowest BCUT2D eigenvalue weighted by molar-refractivity contribution is -0.126. The second-order valence-electron chi connectivity index (χ2n) is 8.29. The molecule has 0 unspecified atom stereocenters. The molecule has 2 aliphatic rings. The molecule has 0 saturated carbocycles. The molecule has 4 rings (SSSR count). The normalized spacial score (nSPS) is 19.3. The number of carbonyl (C=O) groups excluding carboxylic acids is 1. The number of likely N-dealkylation sites (tertiary alicyclic amines) is 1. The molecule has 0 aliphatic carbocycles. The summed E-state index contributed by atoms with van der Waals surface area (Å²) in [4.78, 5) is 31.7. The maximum Gasteiger partial charge on any atom is 0.298 e. The fraction of sp³-hybridized carbons (Fsp3) is 0.565. The Kier molecular flexibility index (Phi) is 7.68. The number of carbonyl (C=O) groups is 1. The van der Waals surface area contributed by atoms with Gasteiger partial charge in [-0.15, -0.1) is 11.3 Å². The molecule has 0 spiro atoms. The van der Waals surface area contributed by atoms with E-state index < -0.39 is 0 Å². The fourth-order valence-corrected chi connectivity index (χ4v) is 4.83. The Hall–Kier alpha value is -2.54. The van der Waals surface area contributed by atoms with Crippen molar-refractivity contribution in [1.82, 2.24) is 24.8 Å². The highest BCUT2D eigenvalue weighted by Crippen LogP contribution is 2.24. The van der Waals surface area contributed by atoms with Gasteiger partial charge in [0.1, 0.15) is 11.6 Å². The Morgan fingerprint density at radius 2 is 2.16 bits per heavy atom. The van der Waals surface area contributed by atoms with Gasteiger partial charge in [-0.3, -0.25) is 9.69 Å². The van der Waals surface area contributed by atoms with Crippen LogP contribution in [-0.4, -0.2) is 70.1 Å². The Morgan fingerprint density at radius 3 is 2.91 bits per heavy atom. The molecule has 2 fully saturated rings. The monoisotopic (exact) mass is 454 g/mol. The number of aromatic nitrogens is 3. The van der Waals surface area contributed by atoms with Gasteiger partial charge in [-0.25, -0.2) is 15.0 Å². The molecule has 32 heavy (non-hydrogen) atoms. The number of thiazole rings is 1. The molecule has 2 aromatic rings. The van der Waals surface area contributed by atoms with Crippen LogP contribution in [0.2, 0.25) is 0 Å². The zero-order valence-electron chi connectivity index (χ0n) is 18.8. The minimum atomic E-state index is -0.0827. The molecule has 9 heteroatoms. The van der Waals surface area contributed by atoms with Gasteiger partial charge in [-0.2, -0.15) is 0 Å². The van der Waals surface area contributed by atoms with Crippen LogP contribution in [0.25, 0.3) is 0 Å². The molecule has 8 nitrogen and oxygen atoms in total. The van der Waals surface area contributed by atoms with Crippen molar-refractivity contribution in [3.8, 4) is 11.8 Å². The van der Waals surface area contributed by atoms with Crippen molar-refractivity contribution >= 4 is 28.2 Å². The van der Waals surface area contributed by atoms with E-state index in [9.17, 15) is 4.79 Å². The van der Waals surface area contributed by atoms with Crippen LogP contribution >= 0.6 is 11.3 Å². The van der Waals surface area contributed by atoms with E-state index in [1.54, 1.807) is 18.3 Å². The first kappa shape index (κ1) is 22.6. The summed E-state index contributed by atoms with van der Waals surface area (Å²) in [5.41, 5.74) is 0.994. The first-order valence-electron chi connectivity index (χ1n) is 11.2. The molecule has 0 aromatic carbocycles. The number of morpholine rings is 1. The molecule has 1 amide bonds. The maximum atomic E-state index is 12.2. The van der Waals surface area contributed by atoms with E-state index in [0.717, 1.165) is 86.0 Å². The van der Waals surface area contributed by atoms with Gasteiger partial charge in [-0.05, 0) is 38.5 Å². The summed E-state index contributed by atoms with van der Waals surface area (Å²) in [5, 5.41) is 4.18.